The van der Waals surface area contributed by atoms with Crippen LogP contribution in [0.1, 0.15) is 17.5 Å². The van der Waals surface area contributed by atoms with E-state index < -0.39 is 0 Å². The first kappa shape index (κ1) is 14.4. The molecule has 1 aromatic carbocycles. The molecule has 2 aromatic heterocycles. The zero-order valence-electron chi connectivity index (χ0n) is 13.5. The fourth-order valence-electron chi connectivity index (χ4n) is 3.68. The van der Waals surface area contributed by atoms with Crippen molar-refractivity contribution in [1.82, 2.24) is 19.7 Å². The summed E-state index contributed by atoms with van der Waals surface area (Å²) in [5.74, 6) is 0.734. The van der Waals surface area contributed by atoms with Gasteiger partial charge in [-0.15, -0.1) is 0 Å². The van der Waals surface area contributed by atoms with Crippen LogP contribution in [-0.2, 0) is 20.0 Å². The van der Waals surface area contributed by atoms with Gasteiger partial charge in [0.2, 0.25) is 0 Å². The monoisotopic (exact) mass is 306 g/mol. The van der Waals surface area contributed by atoms with Gasteiger partial charge >= 0.3 is 0 Å². The van der Waals surface area contributed by atoms with Gasteiger partial charge in [-0.05, 0) is 43.0 Å². The Morgan fingerprint density at radius 3 is 3.00 bits per heavy atom. The molecular formula is C19H22N4. The van der Waals surface area contributed by atoms with Crippen LogP contribution >= 0.6 is 0 Å². The van der Waals surface area contributed by atoms with E-state index in [0.29, 0.717) is 0 Å². The first-order chi connectivity index (χ1) is 11.3. The van der Waals surface area contributed by atoms with E-state index in [1.165, 1.54) is 36.0 Å². The summed E-state index contributed by atoms with van der Waals surface area (Å²) in [6.45, 7) is 3.37. The van der Waals surface area contributed by atoms with Crippen molar-refractivity contribution in [3.63, 3.8) is 0 Å². The summed E-state index contributed by atoms with van der Waals surface area (Å²) in [4.78, 5) is 7.02. The summed E-state index contributed by atoms with van der Waals surface area (Å²) in [6, 6.07) is 10.6. The molecule has 1 atom stereocenters. The van der Waals surface area contributed by atoms with Crippen LogP contribution in [0.15, 0.2) is 48.9 Å². The maximum absolute atomic E-state index is 4.47. The van der Waals surface area contributed by atoms with Crippen molar-refractivity contribution in [3.05, 3.63) is 60.0 Å². The molecule has 1 unspecified atom stereocenters. The van der Waals surface area contributed by atoms with Crippen molar-refractivity contribution < 1.29 is 0 Å². The number of rotatable bonds is 4. The Morgan fingerprint density at radius 1 is 1.22 bits per heavy atom. The minimum absolute atomic E-state index is 0.734. The van der Waals surface area contributed by atoms with E-state index in [4.69, 9.17) is 0 Å². The molecule has 23 heavy (non-hydrogen) atoms. The smallest absolute Gasteiger partial charge is 0.0704 e. The maximum atomic E-state index is 4.47. The van der Waals surface area contributed by atoms with Gasteiger partial charge in [0.15, 0.2) is 0 Å². The average molecular weight is 306 g/mol. The summed E-state index contributed by atoms with van der Waals surface area (Å²) in [5.41, 5.74) is 3.85. The van der Waals surface area contributed by atoms with Gasteiger partial charge in [0.25, 0.3) is 0 Å². The Hall–Kier alpha value is -2.20. The molecule has 1 aliphatic rings. The highest BCUT2D eigenvalue weighted by atomic mass is 15.2. The van der Waals surface area contributed by atoms with E-state index in [1.807, 2.05) is 24.1 Å². The SMILES string of the molecule is Cn1cc(CN2CCC(Cc3ccnc4ccccc34)C2)cn1. The summed E-state index contributed by atoms with van der Waals surface area (Å²) in [7, 11) is 1.98. The first-order valence-electron chi connectivity index (χ1n) is 8.30. The number of nitrogens with zero attached hydrogens (tertiary/aromatic N) is 4. The number of benzene rings is 1. The van der Waals surface area contributed by atoms with Crippen molar-refractivity contribution in [3.8, 4) is 0 Å². The third kappa shape index (κ3) is 3.13. The van der Waals surface area contributed by atoms with Crippen LogP contribution < -0.4 is 0 Å². The van der Waals surface area contributed by atoms with Crippen molar-refractivity contribution in [2.45, 2.75) is 19.4 Å². The van der Waals surface area contributed by atoms with Gasteiger partial charge in [-0.25, -0.2) is 0 Å². The Morgan fingerprint density at radius 2 is 2.13 bits per heavy atom. The lowest BCUT2D eigenvalue weighted by Gasteiger charge is -2.15. The van der Waals surface area contributed by atoms with Crippen molar-refractivity contribution in [2.24, 2.45) is 13.0 Å². The third-order valence-electron chi connectivity index (χ3n) is 4.78. The fourth-order valence-corrected chi connectivity index (χ4v) is 3.68. The lowest BCUT2D eigenvalue weighted by molar-refractivity contribution is 0.316. The minimum atomic E-state index is 0.734. The molecule has 0 radical (unpaired) electrons. The topological polar surface area (TPSA) is 34.0 Å². The quantitative estimate of drug-likeness (QED) is 0.743. The second kappa shape index (κ2) is 6.13. The molecule has 1 fully saturated rings. The molecule has 3 aromatic rings. The molecule has 1 aliphatic heterocycles. The second-order valence-corrected chi connectivity index (χ2v) is 6.60. The zero-order chi connectivity index (χ0) is 15.6. The zero-order valence-corrected chi connectivity index (χ0v) is 13.5. The van der Waals surface area contributed by atoms with Gasteiger partial charge < -0.3 is 0 Å². The number of likely N-dealkylation sites (tertiary alicyclic amines) is 1. The standard InChI is InChI=1S/C19H22N4/c1-22-12-16(11-21-22)14-23-9-7-15(13-23)10-17-6-8-20-19-5-3-2-4-18(17)19/h2-6,8,11-12,15H,7,9-10,13-14H2,1H3. The lowest BCUT2D eigenvalue weighted by Crippen LogP contribution is -2.20. The highest BCUT2D eigenvalue weighted by Crippen LogP contribution is 2.25. The number of aromatic nitrogens is 3. The van der Waals surface area contributed by atoms with E-state index in [2.05, 4.69) is 51.5 Å². The number of hydrogen-bond acceptors (Lipinski definition) is 3. The van der Waals surface area contributed by atoms with Crippen LogP contribution in [0.25, 0.3) is 10.9 Å². The largest absolute Gasteiger partial charge is 0.299 e. The van der Waals surface area contributed by atoms with Gasteiger partial charge in [-0.3, -0.25) is 14.6 Å². The van der Waals surface area contributed by atoms with Crippen LogP contribution in [-0.4, -0.2) is 32.8 Å². The molecular weight excluding hydrogens is 284 g/mol. The summed E-state index contributed by atoms with van der Waals surface area (Å²) < 4.78 is 1.88. The Bertz CT molecular complexity index is 802. The summed E-state index contributed by atoms with van der Waals surface area (Å²) >= 11 is 0. The van der Waals surface area contributed by atoms with Crippen LogP contribution in [0.4, 0.5) is 0 Å². The number of fused-ring (bicyclic) bond motifs is 1. The highest BCUT2D eigenvalue weighted by molar-refractivity contribution is 5.81. The van der Waals surface area contributed by atoms with E-state index in [1.54, 1.807) is 0 Å². The summed E-state index contributed by atoms with van der Waals surface area (Å²) in [5, 5.41) is 5.57. The minimum Gasteiger partial charge on any atom is -0.299 e. The normalized spacial score (nSPS) is 18.7. The molecule has 4 rings (SSSR count). The van der Waals surface area contributed by atoms with Crippen LogP contribution in [0.2, 0.25) is 0 Å². The molecule has 0 amide bonds. The van der Waals surface area contributed by atoms with Gasteiger partial charge in [0.1, 0.15) is 0 Å². The lowest BCUT2D eigenvalue weighted by atomic mass is 9.96. The molecule has 0 saturated carbocycles. The Kier molecular flexibility index (Phi) is 3.83. The fraction of sp³-hybridized carbons (Fsp3) is 0.368. The maximum Gasteiger partial charge on any atom is 0.0704 e. The van der Waals surface area contributed by atoms with Crippen LogP contribution in [0, 0.1) is 5.92 Å². The van der Waals surface area contributed by atoms with Crippen molar-refractivity contribution in [2.75, 3.05) is 13.1 Å². The van der Waals surface area contributed by atoms with Gasteiger partial charge in [0.05, 0.1) is 11.7 Å². The molecule has 0 spiro atoms. The van der Waals surface area contributed by atoms with Crippen LogP contribution in [0.3, 0.4) is 0 Å². The molecule has 0 aliphatic carbocycles. The molecule has 4 heteroatoms. The average Bonchev–Trinajstić information content (AvgIpc) is 3.17. The highest BCUT2D eigenvalue weighted by Gasteiger charge is 2.23. The van der Waals surface area contributed by atoms with E-state index in [-0.39, 0.29) is 0 Å². The van der Waals surface area contributed by atoms with Gasteiger partial charge in [-0.1, -0.05) is 18.2 Å². The van der Waals surface area contributed by atoms with Crippen LogP contribution in [0.5, 0.6) is 0 Å². The number of pyridine rings is 1. The molecule has 1 saturated heterocycles. The molecule has 0 N–H and O–H groups in total. The second-order valence-electron chi connectivity index (χ2n) is 6.60. The van der Waals surface area contributed by atoms with E-state index in [0.717, 1.165) is 24.4 Å². The van der Waals surface area contributed by atoms with Gasteiger partial charge in [0, 0.05) is 43.5 Å². The van der Waals surface area contributed by atoms with E-state index >= 15 is 0 Å². The molecule has 4 nitrogen and oxygen atoms in total. The number of aryl methyl sites for hydroxylation is 1. The molecule has 0 bridgehead atoms. The number of para-hydroxylation sites is 1. The molecule has 118 valence electrons. The molecule has 3 heterocycles. The van der Waals surface area contributed by atoms with Gasteiger partial charge in [-0.2, -0.15) is 5.10 Å². The Balaban J connectivity index is 1.43. The predicted octanol–water partition coefficient (Wildman–Crippen LogP) is 3.03. The van der Waals surface area contributed by atoms with Crippen molar-refractivity contribution >= 4 is 10.9 Å². The van der Waals surface area contributed by atoms with Crippen molar-refractivity contribution in [1.29, 1.82) is 0 Å². The first-order valence-corrected chi connectivity index (χ1v) is 8.30. The Labute approximate surface area is 136 Å². The predicted molar refractivity (Wildman–Crippen MR) is 92.0 cm³/mol. The van der Waals surface area contributed by atoms with E-state index in [9.17, 15) is 0 Å². The number of hydrogen-bond donors (Lipinski definition) is 0. The third-order valence-corrected chi connectivity index (χ3v) is 4.78. The summed E-state index contributed by atoms with van der Waals surface area (Å²) in [6.07, 6.45) is 8.46.